The van der Waals surface area contributed by atoms with Crippen LogP contribution < -0.4 is 14.9 Å². The van der Waals surface area contributed by atoms with Gasteiger partial charge in [0.05, 0.1) is 19.4 Å². The fourth-order valence-electron chi connectivity index (χ4n) is 1.96. The quantitative estimate of drug-likeness (QED) is 0.631. The Balaban J connectivity index is 1.97. The maximum absolute atomic E-state index is 12.0. The summed E-state index contributed by atoms with van der Waals surface area (Å²) in [5.41, 5.74) is 3.61. The number of rotatable bonds is 6. The minimum absolute atomic E-state index is 0.0439. The maximum Gasteiger partial charge on any atom is 0.271 e. The summed E-state index contributed by atoms with van der Waals surface area (Å²) < 4.78 is 10.5. The van der Waals surface area contributed by atoms with Gasteiger partial charge in [-0.15, -0.1) is 0 Å². The summed E-state index contributed by atoms with van der Waals surface area (Å²) in [5.74, 6) is 0.766. The molecule has 0 aliphatic rings. The molecule has 0 spiro atoms. The molecule has 0 radical (unpaired) electrons. The zero-order chi connectivity index (χ0) is 17.5. The summed E-state index contributed by atoms with van der Waals surface area (Å²) in [6.45, 7) is 3.88. The van der Waals surface area contributed by atoms with Crippen LogP contribution in [0.25, 0.3) is 0 Å². The van der Waals surface area contributed by atoms with Crippen LogP contribution in [-0.2, 0) is 0 Å². The molecule has 0 atom stereocenters. The van der Waals surface area contributed by atoms with Gasteiger partial charge in [-0.2, -0.15) is 5.10 Å². The van der Waals surface area contributed by atoms with E-state index in [1.54, 1.807) is 36.4 Å². The molecule has 0 fully saturated rings. The van der Waals surface area contributed by atoms with Crippen molar-refractivity contribution >= 4 is 12.1 Å². The van der Waals surface area contributed by atoms with Crippen molar-refractivity contribution in [2.45, 2.75) is 20.0 Å². The number of hydrazone groups is 1. The molecule has 1 amide bonds. The lowest BCUT2D eigenvalue weighted by atomic mass is 10.2. The van der Waals surface area contributed by atoms with E-state index in [4.69, 9.17) is 9.47 Å². The third-order valence-corrected chi connectivity index (χ3v) is 3.07. The van der Waals surface area contributed by atoms with Gasteiger partial charge in [0.1, 0.15) is 5.75 Å². The molecule has 0 saturated heterocycles. The molecule has 2 aromatic carbocycles. The van der Waals surface area contributed by atoms with Crippen LogP contribution in [-0.4, -0.2) is 30.4 Å². The number of phenolic OH excluding ortho intramolecular Hbond substituents is 1. The number of nitrogens with zero attached hydrogens (tertiary/aromatic N) is 1. The number of methoxy groups -OCH3 is 1. The molecule has 0 saturated carbocycles. The van der Waals surface area contributed by atoms with E-state index in [-0.39, 0.29) is 17.8 Å². The summed E-state index contributed by atoms with van der Waals surface area (Å²) in [4.78, 5) is 12.0. The fraction of sp³-hybridized carbons (Fsp3) is 0.222. The highest BCUT2D eigenvalue weighted by atomic mass is 16.5. The van der Waals surface area contributed by atoms with Crippen molar-refractivity contribution in [3.63, 3.8) is 0 Å². The lowest BCUT2D eigenvalue weighted by Gasteiger charge is -2.09. The van der Waals surface area contributed by atoms with Crippen LogP contribution in [0.3, 0.4) is 0 Å². The van der Waals surface area contributed by atoms with Gasteiger partial charge in [-0.05, 0) is 61.9 Å². The molecule has 0 aliphatic heterocycles. The number of hydrogen-bond donors (Lipinski definition) is 2. The minimum atomic E-state index is -0.326. The number of nitrogens with one attached hydrogen (secondary N) is 1. The number of ether oxygens (including phenoxy) is 2. The molecular formula is C18H20N2O4. The lowest BCUT2D eigenvalue weighted by molar-refractivity contribution is 0.0955. The Morgan fingerprint density at radius 2 is 1.92 bits per heavy atom. The highest BCUT2D eigenvalue weighted by Gasteiger charge is 2.05. The molecule has 126 valence electrons. The van der Waals surface area contributed by atoms with Crippen LogP contribution in [0, 0.1) is 0 Å². The number of aromatic hydroxyl groups is 1. The third kappa shape index (κ3) is 4.74. The van der Waals surface area contributed by atoms with Crippen molar-refractivity contribution in [3.8, 4) is 17.2 Å². The fourth-order valence-corrected chi connectivity index (χ4v) is 1.96. The Hall–Kier alpha value is -3.02. The molecule has 0 bridgehead atoms. The monoisotopic (exact) mass is 328 g/mol. The minimum Gasteiger partial charge on any atom is -0.504 e. The van der Waals surface area contributed by atoms with E-state index in [9.17, 15) is 9.90 Å². The Labute approximate surface area is 140 Å². The van der Waals surface area contributed by atoms with Gasteiger partial charge < -0.3 is 14.6 Å². The van der Waals surface area contributed by atoms with Crippen molar-refractivity contribution in [3.05, 3.63) is 53.6 Å². The largest absolute Gasteiger partial charge is 0.504 e. The Kier molecular flexibility index (Phi) is 5.78. The summed E-state index contributed by atoms with van der Waals surface area (Å²) in [6.07, 6.45) is 1.55. The number of benzene rings is 2. The van der Waals surface area contributed by atoms with Crippen molar-refractivity contribution < 1.29 is 19.4 Å². The highest BCUT2D eigenvalue weighted by molar-refractivity contribution is 5.95. The first-order valence-electron chi connectivity index (χ1n) is 7.46. The molecule has 6 nitrogen and oxygen atoms in total. The van der Waals surface area contributed by atoms with Crippen LogP contribution in [0.2, 0.25) is 0 Å². The number of hydrogen-bond acceptors (Lipinski definition) is 5. The van der Waals surface area contributed by atoms with Crippen molar-refractivity contribution in [1.29, 1.82) is 0 Å². The van der Waals surface area contributed by atoms with Gasteiger partial charge in [0, 0.05) is 5.56 Å². The summed E-state index contributed by atoms with van der Waals surface area (Å²) >= 11 is 0. The topological polar surface area (TPSA) is 80.2 Å². The summed E-state index contributed by atoms with van der Waals surface area (Å²) in [7, 11) is 1.46. The number of carbonyl (C=O) groups excluding carboxylic acids is 1. The maximum atomic E-state index is 12.0. The molecule has 0 aliphatic carbocycles. The van der Waals surface area contributed by atoms with E-state index in [0.29, 0.717) is 22.6 Å². The highest BCUT2D eigenvalue weighted by Crippen LogP contribution is 2.25. The molecular weight excluding hydrogens is 308 g/mol. The average molecular weight is 328 g/mol. The second-order valence-corrected chi connectivity index (χ2v) is 5.32. The van der Waals surface area contributed by atoms with E-state index >= 15 is 0 Å². The first kappa shape index (κ1) is 17.3. The van der Waals surface area contributed by atoms with Crippen LogP contribution in [0.15, 0.2) is 47.6 Å². The Morgan fingerprint density at radius 3 is 2.54 bits per heavy atom. The molecule has 2 rings (SSSR count). The summed E-state index contributed by atoms with van der Waals surface area (Å²) in [6, 6.07) is 11.6. The SMILES string of the molecule is COc1cc(/C=N/NC(=O)c2ccc(OC(C)C)cc2)ccc1O. The Morgan fingerprint density at radius 1 is 1.21 bits per heavy atom. The second-order valence-electron chi connectivity index (χ2n) is 5.32. The zero-order valence-electron chi connectivity index (χ0n) is 13.8. The number of carbonyl (C=O) groups is 1. The van der Waals surface area contributed by atoms with E-state index in [0.717, 1.165) is 0 Å². The van der Waals surface area contributed by atoms with E-state index in [2.05, 4.69) is 10.5 Å². The van der Waals surface area contributed by atoms with Gasteiger partial charge in [0.25, 0.3) is 5.91 Å². The van der Waals surface area contributed by atoms with Crippen LogP contribution in [0.1, 0.15) is 29.8 Å². The predicted molar refractivity (Wildman–Crippen MR) is 91.9 cm³/mol. The molecule has 24 heavy (non-hydrogen) atoms. The van der Waals surface area contributed by atoms with Gasteiger partial charge in [0.15, 0.2) is 11.5 Å². The smallest absolute Gasteiger partial charge is 0.271 e. The van der Waals surface area contributed by atoms with Crippen molar-refractivity contribution in [2.75, 3.05) is 7.11 Å². The third-order valence-electron chi connectivity index (χ3n) is 3.07. The van der Waals surface area contributed by atoms with Crippen molar-refractivity contribution in [1.82, 2.24) is 5.43 Å². The molecule has 0 unspecified atom stereocenters. The van der Waals surface area contributed by atoms with Crippen molar-refractivity contribution in [2.24, 2.45) is 5.10 Å². The first-order valence-corrected chi connectivity index (χ1v) is 7.46. The van der Waals surface area contributed by atoms with Gasteiger partial charge in [-0.3, -0.25) is 4.79 Å². The average Bonchev–Trinajstić information content (AvgIpc) is 2.56. The van der Waals surface area contributed by atoms with Gasteiger partial charge in [-0.1, -0.05) is 0 Å². The molecule has 0 aromatic heterocycles. The molecule has 0 heterocycles. The van der Waals surface area contributed by atoms with Crippen LogP contribution in [0.5, 0.6) is 17.2 Å². The molecule has 2 aromatic rings. The van der Waals surface area contributed by atoms with E-state index in [1.807, 2.05) is 13.8 Å². The van der Waals surface area contributed by atoms with Gasteiger partial charge in [0.2, 0.25) is 0 Å². The standard InChI is InChI=1S/C18H20N2O4/c1-12(2)24-15-7-5-14(6-8-15)18(22)20-19-11-13-4-9-16(21)17(10-13)23-3/h4-12,21H,1-3H3,(H,20,22)/b19-11+. The molecule has 2 N–H and O–H groups in total. The van der Waals surface area contributed by atoms with Gasteiger partial charge in [-0.25, -0.2) is 5.43 Å². The normalized spacial score (nSPS) is 10.8. The van der Waals surface area contributed by atoms with Gasteiger partial charge >= 0.3 is 0 Å². The molecule has 6 heteroatoms. The number of amides is 1. The zero-order valence-corrected chi connectivity index (χ0v) is 13.8. The summed E-state index contributed by atoms with van der Waals surface area (Å²) in [5, 5.41) is 13.4. The van der Waals surface area contributed by atoms with E-state index < -0.39 is 0 Å². The number of phenols is 1. The predicted octanol–water partition coefficient (Wildman–Crippen LogP) is 2.95. The van der Waals surface area contributed by atoms with E-state index in [1.165, 1.54) is 19.4 Å². The Bertz CT molecular complexity index is 724. The lowest BCUT2D eigenvalue weighted by Crippen LogP contribution is -2.17. The second kappa shape index (κ2) is 8.01. The van der Waals surface area contributed by atoms with Crippen LogP contribution >= 0.6 is 0 Å². The van der Waals surface area contributed by atoms with Crippen LogP contribution in [0.4, 0.5) is 0 Å². The first-order chi connectivity index (χ1) is 11.5.